The first-order chi connectivity index (χ1) is 11.4. The fourth-order valence-electron chi connectivity index (χ4n) is 2.73. The van der Waals surface area contributed by atoms with Gasteiger partial charge in [0.05, 0.1) is 5.04 Å². The first-order valence-corrected chi connectivity index (χ1v) is 8.97. The maximum atomic E-state index is 12.2. The van der Waals surface area contributed by atoms with Crippen LogP contribution in [0.2, 0.25) is 0 Å². The van der Waals surface area contributed by atoms with Gasteiger partial charge >= 0.3 is 5.97 Å². The van der Waals surface area contributed by atoms with Crippen LogP contribution in [0.4, 0.5) is 0 Å². The summed E-state index contributed by atoms with van der Waals surface area (Å²) in [6, 6.07) is -1.66. The predicted molar refractivity (Wildman–Crippen MR) is 91.2 cm³/mol. The molecular formula is C15H19ClN2O5S. The van der Waals surface area contributed by atoms with E-state index in [1.165, 1.54) is 16.7 Å². The maximum absolute atomic E-state index is 12.2. The Kier molecular flexibility index (Phi) is 6.28. The summed E-state index contributed by atoms with van der Waals surface area (Å²) in [6.07, 6.45) is 1.72. The van der Waals surface area contributed by atoms with E-state index in [0.717, 1.165) is 5.04 Å². The Morgan fingerprint density at radius 1 is 1.62 bits per heavy atom. The fourth-order valence-corrected chi connectivity index (χ4v) is 4.21. The molecule has 1 N–H and O–H groups in total. The number of aliphatic imine (C=N–C) groups is 1. The number of aliphatic carboxylic acids is 1. The molecule has 0 spiro atoms. The molecule has 2 aliphatic rings. The van der Waals surface area contributed by atoms with E-state index < -0.39 is 18.1 Å². The van der Waals surface area contributed by atoms with Gasteiger partial charge in [0.25, 0.3) is 12.4 Å². The molecule has 2 aliphatic heterocycles. The van der Waals surface area contributed by atoms with Crippen molar-refractivity contribution >= 4 is 46.8 Å². The van der Waals surface area contributed by atoms with E-state index in [9.17, 15) is 19.5 Å². The van der Waals surface area contributed by atoms with Gasteiger partial charge in [0.2, 0.25) is 0 Å². The Morgan fingerprint density at radius 2 is 2.33 bits per heavy atom. The number of carboxylic acid groups (broad SMARTS) is 1. The summed E-state index contributed by atoms with van der Waals surface area (Å²) < 4.78 is 4.95. The highest BCUT2D eigenvalue weighted by atomic mass is 35.5. The van der Waals surface area contributed by atoms with Crippen molar-refractivity contribution in [3.05, 3.63) is 12.2 Å². The maximum Gasteiger partial charge on any atom is 0.330 e. The van der Waals surface area contributed by atoms with Gasteiger partial charge in [-0.1, -0.05) is 25.3 Å². The smallest absolute Gasteiger partial charge is 0.330 e. The number of thioether (sulfide) groups is 1. The molecule has 0 saturated carbocycles. The highest BCUT2D eigenvalue weighted by Crippen LogP contribution is 2.42. The molecule has 24 heavy (non-hydrogen) atoms. The first-order valence-electron chi connectivity index (χ1n) is 7.55. The fraction of sp³-hybridized carbons (Fsp3) is 0.600. The molecular weight excluding hydrogens is 356 g/mol. The Balaban J connectivity index is 1.99. The van der Waals surface area contributed by atoms with E-state index in [-0.39, 0.29) is 28.8 Å². The largest absolute Gasteiger partial charge is 0.479 e. The van der Waals surface area contributed by atoms with Gasteiger partial charge in [0, 0.05) is 5.88 Å². The lowest BCUT2D eigenvalue weighted by molar-refractivity contribution is -0.157. The van der Waals surface area contributed by atoms with Crippen LogP contribution in [0.15, 0.2) is 17.1 Å². The SMILES string of the molecule is C=C(CCl)C(C(=O)O)N1C(=O)C2N=C(CCC(CC)OC=O)SC21. The second-order valence-electron chi connectivity index (χ2n) is 5.56. The number of carbonyl (C=O) groups is 3. The van der Waals surface area contributed by atoms with Crippen LogP contribution >= 0.6 is 23.4 Å². The molecule has 1 amide bonds. The average molecular weight is 375 g/mol. The Hall–Kier alpha value is -1.54. The van der Waals surface area contributed by atoms with Crippen LogP contribution in [0, 0.1) is 0 Å². The number of alkyl halides is 1. The molecule has 9 heteroatoms. The number of ether oxygens (including phenoxy) is 1. The zero-order valence-corrected chi connectivity index (χ0v) is 14.8. The predicted octanol–water partition coefficient (Wildman–Crippen LogP) is 1.65. The van der Waals surface area contributed by atoms with Crippen LogP contribution in [-0.4, -0.2) is 62.8 Å². The monoisotopic (exact) mass is 374 g/mol. The minimum atomic E-state index is -1.15. The minimum absolute atomic E-state index is 0.0300. The molecule has 4 atom stereocenters. The molecule has 2 heterocycles. The minimum Gasteiger partial charge on any atom is -0.479 e. The summed E-state index contributed by atoms with van der Waals surface area (Å²) >= 11 is 7.07. The Labute approximate surface area is 149 Å². The number of likely N-dealkylation sites (tertiary alicyclic amines) is 1. The van der Waals surface area contributed by atoms with Gasteiger partial charge in [-0.3, -0.25) is 14.6 Å². The molecule has 2 rings (SSSR count). The summed E-state index contributed by atoms with van der Waals surface area (Å²) in [5.41, 5.74) is 0.274. The third kappa shape index (κ3) is 3.59. The zero-order chi connectivity index (χ0) is 17.9. The van der Waals surface area contributed by atoms with Gasteiger partial charge in [-0.15, -0.1) is 11.6 Å². The van der Waals surface area contributed by atoms with Gasteiger partial charge in [0.15, 0.2) is 12.1 Å². The van der Waals surface area contributed by atoms with Crippen molar-refractivity contribution in [3.63, 3.8) is 0 Å². The van der Waals surface area contributed by atoms with Crippen LogP contribution in [-0.2, 0) is 19.1 Å². The van der Waals surface area contributed by atoms with Gasteiger partial charge in [0.1, 0.15) is 11.5 Å². The molecule has 1 fully saturated rings. The molecule has 1 saturated heterocycles. The van der Waals surface area contributed by atoms with Gasteiger partial charge in [-0.05, 0) is 24.8 Å². The lowest BCUT2D eigenvalue weighted by Gasteiger charge is -2.44. The average Bonchev–Trinajstić information content (AvgIpc) is 2.94. The quantitative estimate of drug-likeness (QED) is 0.270. The van der Waals surface area contributed by atoms with E-state index in [1.807, 2.05) is 6.92 Å². The number of carbonyl (C=O) groups excluding carboxylic acids is 2. The van der Waals surface area contributed by atoms with Crippen LogP contribution in [0.1, 0.15) is 26.2 Å². The third-order valence-electron chi connectivity index (χ3n) is 4.05. The standard InChI is InChI=1S/C15H19ClN2O5S/c1-3-9(23-7-19)4-5-10-17-11-13(20)18(14(11)24-10)12(15(21)22)8(2)6-16/h7,9,11-12,14H,2-6H2,1H3,(H,21,22). The van der Waals surface area contributed by atoms with E-state index in [1.54, 1.807) is 0 Å². The van der Waals surface area contributed by atoms with Crippen LogP contribution < -0.4 is 0 Å². The molecule has 0 aliphatic carbocycles. The highest BCUT2D eigenvalue weighted by molar-refractivity contribution is 8.14. The van der Waals surface area contributed by atoms with E-state index in [2.05, 4.69) is 11.6 Å². The van der Waals surface area contributed by atoms with Gasteiger partial charge in [-0.25, -0.2) is 4.79 Å². The van der Waals surface area contributed by atoms with Crippen molar-refractivity contribution in [1.82, 2.24) is 4.90 Å². The molecule has 7 nitrogen and oxygen atoms in total. The van der Waals surface area contributed by atoms with Crippen molar-refractivity contribution in [2.45, 2.75) is 49.7 Å². The van der Waals surface area contributed by atoms with Crippen LogP contribution in [0.25, 0.3) is 0 Å². The molecule has 0 bridgehead atoms. The third-order valence-corrected chi connectivity index (χ3v) is 5.70. The number of nitrogens with zero attached hydrogens (tertiary/aromatic N) is 2. The lowest BCUT2D eigenvalue weighted by Crippen LogP contribution is -2.66. The molecule has 0 aromatic rings. The summed E-state index contributed by atoms with van der Waals surface area (Å²) in [7, 11) is 0. The number of hydrogen-bond donors (Lipinski definition) is 1. The number of carboxylic acids is 1. The van der Waals surface area contributed by atoms with E-state index >= 15 is 0 Å². The number of fused-ring (bicyclic) bond motifs is 1. The number of β-lactam (4-membered cyclic amide) rings is 1. The van der Waals surface area contributed by atoms with Crippen LogP contribution in [0.3, 0.4) is 0 Å². The summed E-state index contributed by atoms with van der Waals surface area (Å²) in [5.74, 6) is -1.50. The summed E-state index contributed by atoms with van der Waals surface area (Å²) in [6.45, 7) is 6.00. The molecule has 0 aromatic heterocycles. The molecule has 132 valence electrons. The number of hydrogen-bond acceptors (Lipinski definition) is 6. The number of halogens is 1. The van der Waals surface area contributed by atoms with Gasteiger partial charge in [-0.2, -0.15) is 0 Å². The Bertz CT molecular complexity index is 582. The first kappa shape index (κ1) is 18.8. The van der Waals surface area contributed by atoms with Gasteiger partial charge < -0.3 is 14.7 Å². The topological polar surface area (TPSA) is 96.3 Å². The second-order valence-corrected chi connectivity index (χ2v) is 7.01. The summed E-state index contributed by atoms with van der Waals surface area (Å²) in [4.78, 5) is 39.8. The highest BCUT2D eigenvalue weighted by Gasteiger charge is 2.56. The Morgan fingerprint density at radius 3 is 2.88 bits per heavy atom. The van der Waals surface area contributed by atoms with Crippen molar-refractivity contribution in [3.8, 4) is 0 Å². The second kappa shape index (κ2) is 8.02. The number of rotatable bonds is 10. The van der Waals surface area contributed by atoms with Crippen molar-refractivity contribution < 1.29 is 24.2 Å². The lowest BCUT2D eigenvalue weighted by atomic mass is 10.00. The van der Waals surface area contributed by atoms with Crippen molar-refractivity contribution in [2.75, 3.05) is 5.88 Å². The zero-order valence-electron chi connectivity index (χ0n) is 13.2. The van der Waals surface area contributed by atoms with E-state index in [4.69, 9.17) is 16.3 Å². The van der Waals surface area contributed by atoms with Crippen molar-refractivity contribution in [1.29, 1.82) is 0 Å². The number of amides is 1. The normalized spacial score (nSPS) is 24.5. The molecule has 0 radical (unpaired) electrons. The summed E-state index contributed by atoms with van der Waals surface area (Å²) in [5, 5.41) is 9.81. The molecule has 4 unspecified atom stereocenters. The van der Waals surface area contributed by atoms with Crippen molar-refractivity contribution in [2.24, 2.45) is 4.99 Å². The van der Waals surface area contributed by atoms with E-state index in [0.29, 0.717) is 25.7 Å². The van der Waals surface area contributed by atoms with Crippen LogP contribution in [0.5, 0.6) is 0 Å². The molecule has 0 aromatic carbocycles.